The SMILES string of the molecule is N#CC(S)=C=N. The zero-order chi connectivity index (χ0) is 4.99. The fourth-order valence-corrected chi connectivity index (χ4v) is 0.0280. The van der Waals surface area contributed by atoms with Crippen molar-refractivity contribution in [2.24, 2.45) is 0 Å². The van der Waals surface area contributed by atoms with E-state index >= 15 is 0 Å². The molecule has 0 aliphatic carbocycles. The predicted molar refractivity (Wildman–Crippen MR) is 25.8 cm³/mol. The molecule has 0 unspecified atom stereocenters. The fourth-order valence-electron chi connectivity index (χ4n) is 0.0280. The highest BCUT2D eigenvalue weighted by Gasteiger charge is 1.72. The molecule has 0 aromatic rings. The second-order valence-corrected chi connectivity index (χ2v) is 1.03. The predicted octanol–water partition coefficient (Wildman–Crippen LogP) is 0.572. The van der Waals surface area contributed by atoms with Gasteiger partial charge >= 0.3 is 0 Å². The minimum atomic E-state index is 0.00926. The van der Waals surface area contributed by atoms with E-state index in [-0.39, 0.29) is 4.91 Å². The van der Waals surface area contributed by atoms with Crippen molar-refractivity contribution in [1.29, 1.82) is 10.7 Å². The maximum Gasteiger partial charge on any atom is 0.143 e. The third-order valence-electron chi connectivity index (χ3n) is 0.224. The third-order valence-corrected chi connectivity index (χ3v) is 0.436. The number of hydrogen-bond donors (Lipinski definition) is 2. The van der Waals surface area contributed by atoms with Gasteiger partial charge in [-0.05, 0) is 0 Å². The Morgan fingerprint density at radius 3 is 2.33 bits per heavy atom. The molecule has 0 fully saturated rings. The maximum atomic E-state index is 7.79. The van der Waals surface area contributed by atoms with Crippen LogP contribution in [0, 0.1) is 16.7 Å². The van der Waals surface area contributed by atoms with E-state index in [1.54, 1.807) is 11.9 Å². The Morgan fingerprint density at radius 1 is 1.83 bits per heavy atom. The standard InChI is InChI=1S/C3H2N2S/c4-1-3(6)2-5/h4,6H. The van der Waals surface area contributed by atoms with Crippen molar-refractivity contribution >= 4 is 18.5 Å². The molecular formula is C3H2N2S. The van der Waals surface area contributed by atoms with Crippen LogP contribution >= 0.6 is 12.6 Å². The molecule has 2 nitrogen and oxygen atoms in total. The van der Waals surface area contributed by atoms with E-state index in [9.17, 15) is 0 Å². The molecule has 0 spiro atoms. The van der Waals surface area contributed by atoms with Crippen LogP contribution in [0.4, 0.5) is 0 Å². The molecule has 6 heavy (non-hydrogen) atoms. The molecule has 0 atom stereocenters. The van der Waals surface area contributed by atoms with Gasteiger partial charge < -0.3 is 0 Å². The molecule has 1 N–H and O–H groups in total. The van der Waals surface area contributed by atoms with Gasteiger partial charge in [0.05, 0.1) is 0 Å². The van der Waals surface area contributed by atoms with E-state index in [4.69, 9.17) is 10.7 Å². The van der Waals surface area contributed by atoms with Crippen LogP contribution in [-0.4, -0.2) is 5.87 Å². The number of thiol groups is 1. The van der Waals surface area contributed by atoms with Gasteiger partial charge in [0, 0.05) is 5.87 Å². The lowest BCUT2D eigenvalue weighted by Gasteiger charge is -1.61. The second kappa shape index (κ2) is 2.52. The molecule has 0 aliphatic rings. The summed E-state index contributed by atoms with van der Waals surface area (Å²) in [5, 5.41) is 14.0. The summed E-state index contributed by atoms with van der Waals surface area (Å²) in [4.78, 5) is 0.00926. The molecule has 0 rings (SSSR count). The highest BCUT2D eigenvalue weighted by atomic mass is 32.1. The van der Waals surface area contributed by atoms with Crippen molar-refractivity contribution in [1.82, 2.24) is 0 Å². The quantitative estimate of drug-likeness (QED) is 0.260. The van der Waals surface area contributed by atoms with Crippen LogP contribution in [0.2, 0.25) is 0 Å². The molecule has 0 radical (unpaired) electrons. The third kappa shape index (κ3) is 1.59. The van der Waals surface area contributed by atoms with Crippen LogP contribution in [0.3, 0.4) is 0 Å². The first kappa shape index (κ1) is 5.29. The van der Waals surface area contributed by atoms with Crippen molar-refractivity contribution in [3.05, 3.63) is 4.91 Å². The number of nitriles is 1. The average Bonchev–Trinajstić information content (AvgIpc) is 1.65. The van der Waals surface area contributed by atoms with Gasteiger partial charge in [-0.3, -0.25) is 5.41 Å². The van der Waals surface area contributed by atoms with E-state index in [0.29, 0.717) is 0 Å². The first-order chi connectivity index (χ1) is 2.81. The van der Waals surface area contributed by atoms with Crippen molar-refractivity contribution < 1.29 is 0 Å². The minimum absolute atomic E-state index is 0.00926. The van der Waals surface area contributed by atoms with E-state index in [2.05, 4.69) is 12.6 Å². The largest absolute Gasteiger partial charge is 0.257 e. The number of nitrogens with zero attached hydrogens (tertiary/aromatic N) is 1. The van der Waals surface area contributed by atoms with Gasteiger partial charge in [-0.1, -0.05) is 0 Å². The summed E-state index contributed by atoms with van der Waals surface area (Å²) >= 11 is 3.49. The molecule has 0 saturated carbocycles. The van der Waals surface area contributed by atoms with Crippen molar-refractivity contribution in [3.8, 4) is 6.07 Å². The van der Waals surface area contributed by atoms with Gasteiger partial charge in [0.15, 0.2) is 0 Å². The number of allylic oxidation sites excluding steroid dienone is 1. The van der Waals surface area contributed by atoms with Crippen molar-refractivity contribution in [3.63, 3.8) is 0 Å². The highest BCUT2D eigenvalue weighted by Crippen LogP contribution is 1.86. The van der Waals surface area contributed by atoms with Gasteiger partial charge in [-0.25, -0.2) is 0 Å². The molecule has 0 saturated heterocycles. The molecule has 0 amide bonds. The summed E-state index contributed by atoms with van der Waals surface area (Å²) in [6.45, 7) is 0. The molecule has 0 aliphatic heterocycles. The van der Waals surface area contributed by atoms with Gasteiger partial charge in [-0.15, -0.1) is 12.6 Å². The Kier molecular flexibility index (Phi) is 2.22. The van der Waals surface area contributed by atoms with Crippen molar-refractivity contribution in [2.75, 3.05) is 0 Å². The number of rotatable bonds is 0. The molecule has 0 aromatic carbocycles. The second-order valence-electron chi connectivity index (χ2n) is 0.585. The van der Waals surface area contributed by atoms with E-state index < -0.39 is 0 Å². The monoisotopic (exact) mass is 98.0 g/mol. The lowest BCUT2D eigenvalue weighted by molar-refractivity contribution is 1.53. The summed E-state index contributed by atoms with van der Waals surface area (Å²) in [6.07, 6.45) is 0. The van der Waals surface area contributed by atoms with Crippen molar-refractivity contribution in [2.45, 2.75) is 0 Å². The molecular weight excluding hydrogens is 96.1 g/mol. The Morgan fingerprint density at radius 2 is 2.33 bits per heavy atom. The summed E-state index contributed by atoms with van der Waals surface area (Å²) in [5.41, 5.74) is 0. The first-order valence-corrected chi connectivity index (χ1v) is 1.64. The van der Waals surface area contributed by atoms with E-state index in [1.807, 2.05) is 0 Å². The summed E-state index contributed by atoms with van der Waals surface area (Å²) in [7, 11) is 0. The van der Waals surface area contributed by atoms with E-state index in [1.165, 1.54) is 0 Å². The van der Waals surface area contributed by atoms with Gasteiger partial charge in [-0.2, -0.15) is 5.26 Å². The normalized spacial score (nSPS) is 5.33. The Hall–Kier alpha value is -0.710. The van der Waals surface area contributed by atoms with Crippen LogP contribution in [0.1, 0.15) is 0 Å². The van der Waals surface area contributed by atoms with Gasteiger partial charge in [0.2, 0.25) is 0 Å². The topological polar surface area (TPSA) is 47.6 Å². The lowest BCUT2D eigenvalue weighted by Crippen LogP contribution is -1.55. The van der Waals surface area contributed by atoms with Crippen LogP contribution < -0.4 is 0 Å². The molecule has 30 valence electrons. The van der Waals surface area contributed by atoms with Crippen LogP contribution in [0.5, 0.6) is 0 Å². The zero-order valence-corrected chi connectivity index (χ0v) is 3.79. The molecule has 0 heterocycles. The number of hydrogen-bond acceptors (Lipinski definition) is 3. The zero-order valence-electron chi connectivity index (χ0n) is 2.89. The smallest absolute Gasteiger partial charge is 0.143 e. The molecule has 3 heteroatoms. The van der Waals surface area contributed by atoms with Gasteiger partial charge in [0.1, 0.15) is 11.0 Å². The van der Waals surface area contributed by atoms with Crippen LogP contribution in [0.25, 0.3) is 0 Å². The fraction of sp³-hybridized carbons (Fsp3) is 0. The summed E-state index contributed by atoms with van der Waals surface area (Å²) in [5.74, 6) is 1.78. The van der Waals surface area contributed by atoms with Crippen LogP contribution in [0.15, 0.2) is 4.91 Å². The van der Waals surface area contributed by atoms with E-state index in [0.717, 1.165) is 0 Å². The molecule has 0 bridgehead atoms. The average molecular weight is 98.1 g/mol. The summed E-state index contributed by atoms with van der Waals surface area (Å²) in [6, 6.07) is 1.60. The first-order valence-electron chi connectivity index (χ1n) is 1.20. The maximum absolute atomic E-state index is 7.79. The number of nitrogens with one attached hydrogen (secondary N) is 1. The lowest BCUT2D eigenvalue weighted by atomic mass is 10.7. The summed E-state index contributed by atoms with van der Waals surface area (Å²) < 4.78 is 0. The molecule has 0 aromatic heterocycles. The Bertz CT molecular complexity index is 126. The van der Waals surface area contributed by atoms with Gasteiger partial charge in [0.25, 0.3) is 0 Å². The highest BCUT2D eigenvalue weighted by molar-refractivity contribution is 7.85. The Labute approximate surface area is 41.0 Å². The Balaban J connectivity index is 3.99. The minimum Gasteiger partial charge on any atom is -0.257 e. The van der Waals surface area contributed by atoms with Crippen LogP contribution in [-0.2, 0) is 0 Å².